The maximum absolute atomic E-state index is 13.3. The largest absolute Gasteiger partial charge is 0.354 e. The van der Waals surface area contributed by atoms with Crippen molar-refractivity contribution in [2.45, 2.75) is 57.9 Å². The number of hydrogen-bond donors (Lipinski definition) is 1. The summed E-state index contributed by atoms with van der Waals surface area (Å²) in [5, 5.41) is 5.88. The molecule has 152 valence electrons. The predicted molar refractivity (Wildman–Crippen MR) is 111 cm³/mol. The van der Waals surface area contributed by atoms with Crippen molar-refractivity contribution in [3.05, 3.63) is 44.9 Å². The summed E-state index contributed by atoms with van der Waals surface area (Å²) in [5.74, 6) is -0.226. The third-order valence-electron chi connectivity index (χ3n) is 5.02. The van der Waals surface area contributed by atoms with Gasteiger partial charge in [0.05, 0.1) is 15.6 Å². The van der Waals surface area contributed by atoms with Gasteiger partial charge in [-0.05, 0) is 51.7 Å². The Morgan fingerprint density at radius 2 is 1.93 bits per heavy atom. The second kappa shape index (κ2) is 8.31. The van der Waals surface area contributed by atoms with Crippen LogP contribution in [-0.2, 0) is 21.2 Å². The molecule has 3 rings (SSSR count). The molecule has 0 bridgehead atoms. The highest BCUT2D eigenvalue weighted by Gasteiger charge is 2.40. The number of carbonyl (C=O) groups is 1. The Morgan fingerprint density at radius 3 is 2.54 bits per heavy atom. The van der Waals surface area contributed by atoms with Gasteiger partial charge in [-0.1, -0.05) is 17.7 Å². The van der Waals surface area contributed by atoms with Crippen LogP contribution < -0.4 is 5.32 Å². The number of carbonyl (C=O) groups excluding carboxylic acids is 1. The molecule has 28 heavy (non-hydrogen) atoms. The van der Waals surface area contributed by atoms with Crippen LogP contribution in [0.4, 0.5) is 0 Å². The quantitative estimate of drug-likeness (QED) is 0.778. The fourth-order valence-corrected chi connectivity index (χ4v) is 6.65. The molecule has 8 heteroatoms. The molecular formula is C20H27N3O3S2. The monoisotopic (exact) mass is 421 g/mol. The summed E-state index contributed by atoms with van der Waals surface area (Å²) in [6.07, 6.45) is 1.88. The number of aryl methyl sites for hydroxylation is 4. The van der Waals surface area contributed by atoms with E-state index in [1.807, 2.05) is 45.2 Å². The number of aromatic nitrogens is 1. The summed E-state index contributed by atoms with van der Waals surface area (Å²) in [5.41, 5.74) is 3.43. The molecule has 1 fully saturated rings. The van der Waals surface area contributed by atoms with Gasteiger partial charge in [0.1, 0.15) is 6.04 Å². The van der Waals surface area contributed by atoms with Gasteiger partial charge in [0, 0.05) is 24.9 Å². The molecule has 0 spiro atoms. The van der Waals surface area contributed by atoms with E-state index < -0.39 is 16.1 Å². The Hall–Kier alpha value is -1.77. The maximum atomic E-state index is 13.3. The Bertz CT molecular complexity index is 959. The number of nitrogens with one attached hydrogen (secondary N) is 1. The smallest absolute Gasteiger partial charge is 0.244 e. The Morgan fingerprint density at radius 1 is 1.25 bits per heavy atom. The third-order valence-corrected chi connectivity index (χ3v) is 8.06. The van der Waals surface area contributed by atoms with Crippen LogP contribution >= 0.6 is 11.3 Å². The molecule has 1 aromatic carbocycles. The summed E-state index contributed by atoms with van der Waals surface area (Å²) >= 11 is 1.58. The number of thiazole rings is 1. The van der Waals surface area contributed by atoms with E-state index in [1.165, 1.54) is 4.31 Å². The molecule has 6 nitrogen and oxygen atoms in total. The highest BCUT2D eigenvalue weighted by molar-refractivity contribution is 7.89. The van der Waals surface area contributed by atoms with Crippen molar-refractivity contribution in [1.29, 1.82) is 0 Å². The summed E-state index contributed by atoms with van der Waals surface area (Å²) in [7, 11) is -3.72. The van der Waals surface area contributed by atoms with Gasteiger partial charge < -0.3 is 5.32 Å². The molecule has 1 N–H and O–H groups in total. The molecule has 1 saturated heterocycles. The average molecular weight is 422 g/mol. The van der Waals surface area contributed by atoms with E-state index in [1.54, 1.807) is 11.3 Å². The van der Waals surface area contributed by atoms with E-state index in [0.29, 0.717) is 37.2 Å². The van der Waals surface area contributed by atoms with Gasteiger partial charge in [0.25, 0.3) is 0 Å². The van der Waals surface area contributed by atoms with Crippen LogP contribution in [0.15, 0.2) is 22.4 Å². The highest BCUT2D eigenvalue weighted by Crippen LogP contribution is 2.30. The van der Waals surface area contributed by atoms with Crippen molar-refractivity contribution in [1.82, 2.24) is 14.6 Å². The zero-order chi connectivity index (χ0) is 20.5. The van der Waals surface area contributed by atoms with Crippen LogP contribution in [0.1, 0.15) is 40.2 Å². The number of sulfonamides is 1. The van der Waals surface area contributed by atoms with Crippen LogP contribution in [-0.4, -0.2) is 42.7 Å². The number of nitrogens with zero attached hydrogens (tertiary/aromatic N) is 2. The first-order valence-electron chi connectivity index (χ1n) is 9.48. The number of rotatable bonds is 6. The van der Waals surface area contributed by atoms with Crippen LogP contribution in [0.3, 0.4) is 0 Å². The van der Waals surface area contributed by atoms with E-state index in [4.69, 9.17) is 0 Å². The number of hydrogen-bond acceptors (Lipinski definition) is 5. The minimum atomic E-state index is -3.72. The second-order valence-corrected chi connectivity index (χ2v) is 10.3. The molecule has 1 aliphatic heterocycles. The summed E-state index contributed by atoms with van der Waals surface area (Å²) in [6.45, 7) is 8.35. The van der Waals surface area contributed by atoms with Crippen LogP contribution in [0.25, 0.3) is 0 Å². The number of amides is 1. The van der Waals surface area contributed by atoms with Crippen molar-refractivity contribution in [3.63, 3.8) is 0 Å². The maximum Gasteiger partial charge on any atom is 0.244 e. The van der Waals surface area contributed by atoms with Gasteiger partial charge in [-0.2, -0.15) is 4.31 Å². The molecule has 0 aliphatic carbocycles. The highest BCUT2D eigenvalue weighted by atomic mass is 32.2. The van der Waals surface area contributed by atoms with E-state index >= 15 is 0 Å². The normalized spacial score (nSPS) is 17.8. The van der Waals surface area contributed by atoms with E-state index in [0.717, 1.165) is 27.4 Å². The Balaban J connectivity index is 1.73. The van der Waals surface area contributed by atoms with E-state index in [9.17, 15) is 13.2 Å². The fourth-order valence-electron chi connectivity index (χ4n) is 3.94. The minimum Gasteiger partial charge on any atom is -0.354 e. The lowest BCUT2D eigenvalue weighted by Crippen LogP contribution is -2.46. The van der Waals surface area contributed by atoms with Gasteiger partial charge >= 0.3 is 0 Å². The van der Waals surface area contributed by atoms with E-state index in [2.05, 4.69) is 10.3 Å². The molecule has 1 aliphatic rings. The molecule has 1 unspecified atom stereocenters. The molecule has 2 heterocycles. The molecular weight excluding hydrogens is 394 g/mol. The van der Waals surface area contributed by atoms with Crippen molar-refractivity contribution in [3.8, 4) is 0 Å². The first kappa shape index (κ1) is 21.0. The Kier molecular flexibility index (Phi) is 6.21. The lowest BCUT2D eigenvalue weighted by molar-refractivity contribution is -0.124. The lowest BCUT2D eigenvalue weighted by Gasteiger charge is -2.25. The predicted octanol–water partition coefficient (Wildman–Crippen LogP) is 2.89. The van der Waals surface area contributed by atoms with Crippen molar-refractivity contribution >= 4 is 27.3 Å². The zero-order valence-corrected chi connectivity index (χ0v) is 18.4. The standard InChI is InChI=1S/C20H27N3O3S2/c1-13-10-14(2)19(15(3)11-13)28(25,26)23-9-5-6-18(23)20(24)21-8-7-17-12-27-16(4)22-17/h10-12,18H,5-9H2,1-4H3,(H,21,24). The van der Waals surface area contributed by atoms with Gasteiger partial charge in [-0.25, -0.2) is 13.4 Å². The molecule has 1 aromatic heterocycles. The molecule has 1 amide bonds. The van der Waals surface area contributed by atoms with Crippen LogP contribution in [0, 0.1) is 27.7 Å². The van der Waals surface area contributed by atoms with Gasteiger partial charge in [-0.3, -0.25) is 4.79 Å². The lowest BCUT2D eigenvalue weighted by atomic mass is 10.1. The summed E-state index contributed by atoms with van der Waals surface area (Å²) in [6, 6.07) is 3.10. The summed E-state index contributed by atoms with van der Waals surface area (Å²) < 4.78 is 28.1. The fraction of sp³-hybridized carbons (Fsp3) is 0.500. The first-order chi connectivity index (χ1) is 13.2. The van der Waals surface area contributed by atoms with Crippen LogP contribution in [0.2, 0.25) is 0 Å². The minimum absolute atomic E-state index is 0.226. The topological polar surface area (TPSA) is 79.4 Å². The average Bonchev–Trinajstić information content (AvgIpc) is 3.23. The van der Waals surface area contributed by atoms with Gasteiger partial charge in [-0.15, -0.1) is 11.3 Å². The zero-order valence-electron chi connectivity index (χ0n) is 16.8. The van der Waals surface area contributed by atoms with Gasteiger partial charge in [0.15, 0.2) is 0 Å². The van der Waals surface area contributed by atoms with Crippen molar-refractivity contribution < 1.29 is 13.2 Å². The summed E-state index contributed by atoms with van der Waals surface area (Å²) in [4.78, 5) is 17.4. The number of benzene rings is 1. The Labute approximate surface area is 171 Å². The van der Waals surface area contributed by atoms with Gasteiger partial charge in [0.2, 0.25) is 15.9 Å². The molecule has 0 saturated carbocycles. The van der Waals surface area contributed by atoms with E-state index in [-0.39, 0.29) is 5.91 Å². The van der Waals surface area contributed by atoms with Crippen molar-refractivity contribution in [2.24, 2.45) is 0 Å². The van der Waals surface area contributed by atoms with Crippen LogP contribution in [0.5, 0.6) is 0 Å². The SMILES string of the molecule is Cc1cc(C)c(S(=O)(=O)N2CCCC2C(=O)NCCc2csc(C)n2)c(C)c1. The molecule has 1 atom stereocenters. The molecule has 0 radical (unpaired) electrons. The third kappa shape index (κ3) is 4.29. The van der Waals surface area contributed by atoms with Crippen molar-refractivity contribution in [2.75, 3.05) is 13.1 Å². The second-order valence-electron chi connectivity index (χ2n) is 7.40. The first-order valence-corrected chi connectivity index (χ1v) is 11.8. The molecule has 2 aromatic rings.